The van der Waals surface area contributed by atoms with Crippen LogP contribution in [-0.4, -0.2) is 16.5 Å². The molecular weight excluding hydrogens is 152 g/mol. The first-order valence-corrected chi connectivity index (χ1v) is 3.80. The van der Waals surface area contributed by atoms with Crippen LogP contribution in [0.25, 0.3) is 0 Å². The highest BCUT2D eigenvalue weighted by Gasteiger charge is 2.23. The molecule has 0 aromatic rings. The molecule has 0 unspecified atom stereocenters. The molecule has 0 aromatic carbocycles. The third-order valence-electron chi connectivity index (χ3n) is 1.86. The van der Waals surface area contributed by atoms with Crippen molar-refractivity contribution in [2.45, 2.75) is 31.7 Å². The SMILES string of the molecule is NC(=O)N(Cl)C1CCCC1. The van der Waals surface area contributed by atoms with Crippen LogP contribution < -0.4 is 5.73 Å². The van der Waals surface area contributed by atoms with Gasteiger partial charge in [0.05, 0.1) is 6.04 Å². The van der Waals surface area contributed by atoms with Crippen LogP contribution in [-0.2, 0) is 0 Å². The molecule has 0 radical (unpaired) electrons. The molecule has 0 saturated heterocycles. The third kappa shape index (κ3) is 1.53. The minimum absolute atomic E-state index is 0.180. The van der Waals surface area contributed by atoms with E-state index in [0.717, 1.165) is 30.1 Å². The van der Waals surface area contributed by atoms with Gasteiger partial charge < -0.3 is 5.73 Å². The zero-order valence-corrected chi connectivity index (χ0v) is 6.47. The molecule has 1 rings (SSSR count). The monoisotopic (exact) mass is 162 g/mol. The lowest BCUT2D eigenvalue weighted by Gasteiger charge is -2.17. The maximum atomic E-state index is 10.5. The quantitative estimate of drug-likeness (QED) is 0.583. The van der Waals surface area contributed by atoms with Crippen molar-refractivity contribution in [2.75, 3.05) is 0 Å². The number of rotatable bonds is 1. The summed E-state index contributed by atoms with van der Waals surface area (Å²) in [5.41, 5.74) is 4.97. The molecule has 0 aliphatic heterocycles. The van der Waals surface area contributed by atoms with Gasteiger partial charge in [0, 0.05) is 11.8 Å². The number of primary amides is 1. The molecule has 0 atom stereocenters. The normalized spacial score (nSPS) is 19.3. The van der Waals surface area contributed by atoms with Gasteiger partial charge >= 0.3 is 6.03 Å². The van der Waals surface area contributed by atoms with Crippen molar-refractivity contribution >= 4 is 17.8 Å². The zero-order valence-electron chi connectivity index (χ0n) is 5.72. The number of halogens is 1. The van der Waals surface area contributed by atoms with Crippen LogP contribution in [0.5, 0.6) is 0 Å². The molecule has 2 amide bonds. The number of nitrogens with zero attached hydrogens (tertiary/aromatic N) is 1. The fourth-order valence-corrected chi connectivity index (χ4v) is 1.51. The molecule has 1 fully saturated rings. The Kier molecular flexibility index (Phi) is 2.38. The third-order valence-corrected chi connectivity index (χ3v) is 2.30. The van der Waals surface area contributed by atoms with Crippen molar-refractivity contribution in [3.63, 3.8) is 0 Å². The zero-order chi connectivity index (χ0) is 7.56. The fraction of sp³-hybridized carbons (Fsp3) is 0.833. The molecule has 0 spiro atoms. The van der Waals surface area contributed by atoms with Gasteiger partial charge in [-0.1, -0.05) is 12.8 Å². The summed E-state index contributed by atoms with van der Waals surface area (Å²) in [5, 5.41) is 0. The van der Waals surface area contributed by atoms with Crippen LogP contribution in [0.15, 0.2) is 0 Å². The first-order chi connectivity index (χ1) is 4.72. The van der Waals surface area contributed by atoms with E-state index in [-0.39, 0.29) is 6.04 Å². The number of amides is 2. The summed E-state index contributed by atoms with van der Waals surface area (Å²) in [6.45, 7) is 0. The lowest BCUT2D eigenvalue weighted by atomic mass is 10.3. The molecule has 58 valence electrons. The van der Waals surface area contributed by atoms with Gasteiger partial charge in [0.1, 0.15) is 0 Å². The molecule has 0 bridgehead atoms. The van der Waals surface area contributed by atoms with Crippen molar-refractivity contribution in [3.8, 4) is 0 Å². The first-order valence-electron chi connectivity index (χ1n) is 3.46. The van der Waals surface area contributed by atoms with Crippen LogP contribution in [0.2, 0.25) is 0 Å². The second-order valence-electron chi connectivity index (χ2n) is 2.59. The molecule has 2 N–H and O–H groups in total. The topological polar surface area (TPSA) is 46.3 Å². The molecule has 0 heterocycles. The van der Waals surface area contributed by atoms with Crippen LogP contribution in [0, 0.1) is 0 Å². The molecule has 3 nitrogen and oxygen atoms in total. The van der Waals surface area contributed by atoms with Crippen LogP contribution in [0.3, 0.4) is 0 Å². The number of carbonyl (C=O) groups excluding carboxylic acids is 1. The molecule has 1 aliphatic carbocycles. The summed E-state index contributed by atoms with van der Waals surface area (Å²) in [6, 6.07) is -0.354. The average Bonchev–Trinajstić information content (AvgIpc) is 2.36. The highest BCUT2D eigenvalue weighted by Crippen LogP contribution is 2.24. The molecular formula is C6H11ClN2O. The van der Waals surface area contributed by atoms with E-state index in [0.29, 0.717) is 0 Å². The summed E-state index contributed by atoms with van der Waals surface area (Å²) in [7, 11) is 0. The Morgan fingerprint density at radius 3 is 2.40 bits per heavy atom. The predicted molar refractivity (Wildman–Crippen MR) is 39.5 cm³/mol. The van der Waals surface area contributed by atoms with E-state index in [9.17, 15) is 4.79 Å². The number of nitrogens with two attached hydrogens (primary N) is 1. The maximum Gasteiger partial charge on any atom is 0.329 e. The molecule has 0 aromatic heterocycles. The Morgan fingerprint density at radius 1 is 1.50 bits per heavy atom. The van der Waals surface area contributed by atoms with Gasteiger partial charge in [-0.15, -0.1) is 0 Å². The van der Waals surface area contributed by atoms with Crippen molar-refractivity contribution in [1.29, 1.82) is 0 Å². The lowest BCUT2D eigenvalue weighted by Crippen LogP contribution is -2.34. The number of carbonyl (C=O) groups is 1. The molecule has 4 heteroatoms. The van der Waals surface area contributed by atoms with E-state index in [2.05, 4.69) is 0 Å². The fourth-order valence-electron chi connectivity index (χ4n) is 1.31. The second-order valence-corrected chi connectivity index (χ2v) is 2.95. The summed E-state index contributed by atoms with van der Waals surface area (Å²) in [4.78, 5) is 10.5. The van der Waals surface area contributed by atoms with Gasteiger partial charge in [-0.05, 0) is 12.8 Å². The number of urea groups is 1. The van der Waals surface area contributed by atoms with Gasteiger partial charge in [0.2, 0.25) is 0 Å². The van der Waals surface area contributed by atoms with E-state index < -0.39 is 6.03 Å². The van der Waals surface area contributed by atoms with Crippen molar-refractivity contribution in [2.24, 2.45) is 5.73 Å². The van der Waals surface area contributed by atoms with E-state index in [1.165, 1.54) is 0 Å². The highest BCUT2D eigenvalue weighted by molar-refractivity contribution is 6.21. The number of hydrogen-bond acceptors (Lipinski definition) is 1. The van der Waals surface area contributed by atoms with Crippen LogP contribution in [0.4, 0.5) is 4.79 Å². The predicted octanol–water partition coefficient (Wildman–Crippen LogP) is 1.46. The van der Waals surface area contributed by atoms with E-state index >= 15 is 0 Å². The average molecular weight is 163 g/mol. The Hall–Kier alpha value is -0.440. The Balaban J connectivity index is 2.39. The Labute approximate surface area is 65.2 Å². The minimum Gasteiger partial charge on any atom is -0.350 e. The van der Waals surface area contributed by atoms with Gasteiger partial charge in [-0.3, -0.25) is 0 Å². The van der Waals surface area contributed by atoms with E-state index in [4.69, 9.17) is 17.5 Å². The highest BCUT2D eigenvalue weighted by atomic mass is 35.5. The number of hydrogen-bond donors (Lipinski definition) is 1. The van der Waals surface area contributed by atoms with Gasteiger partial charge in [0.15, 0.2) is 0 Å². The van der Waals surface area contributed by atoms with E-state index in [1.807, 2.05) is 0 Å². The van der Waals surface area contributed by atoms with Gasteiger partial charge in [-0.25, -0.2) is 9.21 Å². The smallest absolute Gasteiger partial charge is 0.329 e. The molecule has 10 heavy (non-hydrogen) atoms. The summed E-state index contributed by atoms with van der Waals surface area (Å²) < 4.78 is 1.12. The molecule has 1 aliphatic rings. The standard InChI is InChI=1S/C6H11ClN2O/c7-9(6(8)10)5-3-1-2-4-5/h5H,1-4H2,(H2,8,10). The Bertz CT molecular complexity index is 134. The van der Waals surface area contributed by atoms with E-state index in [1.54, 1.807) is 0 Å². The van der Waals surface area contributed by atoms with Crippen LogP contribution >= 0.6 is 11.8 Å². The van der Waals surface area contributed by atoms with Gasteiger partial charge in [-0.2, -0.15) is 0 Å². The summed E-state index contributed by atoms with van der Waals surface area (Å²) in [5.74, 6) is 0. The largest absolute Gasteiger partial charge is 0.350 e. The van der Waals surface area contributed by atoms with Crippen molar-refractivity contribution < 1.29 is 4.79 Å². The first kappa shape index (κ1) is 7.66. The summed E-state index contributed by atoms with van der Waals surface area (Å²) >= 11 is 5.58. The Morgan fingerprint density at radius 2 is 2.00 bits per heavy atom. The van der Waals surface area contributed by atoms with Crippen molar-refractivity contribution in [1.82, 2.24) is 4.42 Å². The second kappa shape index (κ2) is 3.10. The van der Waals surface area contributed by atoms with Gasteiger partial charge in [0.25, 0.3) is 0 Å². The van der Waals surface area contributed by atoms with Crippen molar-refractivity contribution in [3.05, 3.63) is 0 Å². The molecule has 1 saturated carbocycles. The maximum absolute atomic E-state index is 10.5. The lowest BCUT2D eigenvalue weighted by molar-refractivity contribution is 0.223. The van der Waals surface area contributed by atoms with Crippen LogP contribution in [0.1, 0.15) is 25.7 Å². The summed E-state index contributed by atoms with van der Waals surface area (Å²) in [6.07, 6.45) is 4.29. The minimum atomic E-state index is -0.534.